The molecule has 3 rings (SSSR count). The predicted octanol–water partition coefficient (Wildman–Crippen LogP) is 1.32. The number of primary amides is 1. The number of carbonyl (C=O) groups is 3. The number of rotatable bonds is 6. The Morgan fingerprint density at radius 1 is 1.32 bits per heavy atom. The van der Waals surface area contributed by atoms with Crippen LogP contribution in [0.3, 0.4) is 0 Å². The first-order valence-electron chi connectivity index (χ1n) is 9.66. The number of amides is 4. The second-order valence-electron chi connectivity index (χ2n) is 7.61. The molecule has 0 aromatic heterocycles. The van der Waals surface area contributed by atoms with Gasteiger partial charge in [-0.15, -0.1) is 0 Å². The van der Waals surface area contributed by atoms with Crippen molar-refractivity contribution in [3.8, 4) is 5.75 Å². The largest absolute Gasteiger partial charge is 0.496 e. The highest BCUT2D eigenvalue weighted by Crippen LogP contribution is 2.42. The van der Waals surface area contributed by atoms with Crippen LogP contribution in [0.4, 0.5) is 4.79 Å². The van der Waals surface area contributed by atoms with Gasteiger partial charge >= 0.3 is 6.03 Å². The maximum Gasteiger partial charge on any atom is 0.312 e. The van der Waals surface area contributed by atoms with Crippen molar-refractivity contribution in [2.45, 2.75) is 50.6 Å². The van der Waals surface area contributed by atoms with Gasteiger partial charge in [0.1, 0.15) is 5.75 Å². The first-order chi connectivity index (χ1) is 13.4. The number of aryl methyl sites for hydroxylation is 1. The van der Waals surface area contributed by atoms with Crippen molar-refractivity contribution in [1.82, 2.24) is 15.5 Å². The molecule has 2 atom stereocenters. The summed E-state index contributed by atoms with van der Waals surface area (Å²) in [5.74, 6) is 0.375. The standard InChI is InChI=1S/C20H28N4O4/c1-13-5-6-14(15(12-13)28-2)18(26)24-11-9-20(8-3-4-16(20)24)23-17(25)7-10-22-19(21)27/h5-6,12,16H,3-4,7-11H2,1-2H3,(H,23,25)(H3,21,22,27). The summed E-state index contributed by atoms with van der Waals surface area (Å²) in [4.78, 5) is 38.2. The highest BCUT2D eigenvalue weighted by molar-refractivity contribution is 5.97. The van der Waals surface area contributed by atoms with Crippen LogP contribution in [0.25, 0.3) is 0 Å². The molecule has 1 aliphatic carbocycles. The Kier molecular flexibility index (Phi) is 5.76. The minimum Gasteiger partial charge on any atom is -0.496 e. The Labute approximate surface area is 164 Å². The Morgan fingerprint density at radius 2 is 2.11 bits per heavy atom. The third-order valence-corrected chi connectivity index (χ3v) is 5.80. The van der Waals surface area contributed by atoms with E-state index in [1.165, 1.54) is 0 Å². The van der Waals surface area contributed by atoms with Crippen molar-refractivity contribution in [3.05, 3.63) is 29.3 Å². The van der Waals surface area contributed by atoms with Gasteiger partial charge < -0.3 is 26.0 Å². The van der Waals surface area contributed by atoms with Gasteiger partial charge in [-0.2, -0.15) is 0 Å². The summed E-state index contributed by atoms with van der Waals surface area (Å²) >= 11 is 0. The molecule has 28 heavy (non-hydrogen) atoms. The van der Waals surface area contributed by atoms with Gasteiger partial charge in [0, 0.05) is 19.5 Å². The molecule has 4 amide bonds. The molecule has 4 N–H and O–H groups in total. The molecule has 0 spiro atoms. The van der Waals surface area contributed by atoms with Crippen LogP contribution >= 0.6 is 0 Å². The Morgan fingerprint density at radius 3 is 2.82 bits per heavy atom. The van der Waals surface area contributed by atoms with Gasteiger partial charge in [0.2, 0.25) is 5.91 Å². The summed E-state index contributed by atoms with van der Waals surface area (Å²) < 4.78 is 5.41. The lowest BCUT2D eigenvalue weighted by molar-refractivity contribution is -0.123. The fourth-order valence-electron chi connectivity index (χ4n) is 4.50. The zero-order valence-corrected chi connectivity index (χ0v) is 16.4. The molecule has 2 aliphatic rings. The topological polar surface area (TPSA) is 114 Å². The van der Waals surface area contributed by atoms with Gasteiger partial charge in [-0.1, -0.05) is 6.07 Å². The quantitative estimate of drug-likeness (QED) is 0.682. The number of hydrogen-bond donors (Lipinski definition) is 3. The minimum atomic E-state index is -0.644. The lowest BCUT2D eigenvalue weighted by Gasteiger charge is -2.33. The van der Waals surface area contributed by atoms with Crippen LogP contribution in [0, 0.1) is 6.92 Å². The molecule has 8 heteroatoms. The van der Waals surface area contributed by atoms with E-state index < -0.39 is 11.6 Å². The monoisotopic (exact) mass is 388 g/mol. The number of ether oxygens (including phenoxy) is 1. The number of nitrogens with zero attached hydrogens (tertiary/aromatic N) is 1. The molecular weight excluding hydrogens is 360 g/mol. The highest BCUT2D eigenvalue weighted by Gasteiger charge is 2.52. The summed E-state index contributed by atoms with van der Waals surface area (Å²) in [5, 5.41) is 5.57. The molecule has 1 saturated heterocycles. The molecule has 0 bridgehead atoms. The van der Waals surface area contributed by atoms with Crippen LogP contribution in [0.1, 0.15) is 48.0 Å². The molecule has 1 saturated carbocycles. The van der Waals surface area contributed by atoms with Crippen molar-refractivity contribution in [2.24, 2.45) is 5.73 Å². The summed E-state index contributed by atoms with van der Waals surface area (Å²) in [6.45, 7) is 2.75. The lowest BCUT2D eigenvalue weighted by Crippen LogP contribution is -2.54. The van der Waals surface area contributed by atoms with E-state index in [2.05, 4.69) is 10.6 Å². The van der Waals surface area contributed by atoms with Crippen LogP contribution in [-0.4, -0.2) is 54.5 Å². The summed E-state index contributed by atoms with van der Waals surface area (Å²) in [6.07, 6.45) is 3.56. The van der Waals surface area contributed by atoms with E-state index in [-0.39, 0.29) is 30.8 Å². The van der Waals surface area contributed by atoms with Gasteiger partial charge in [0.15, 0.2) is 0 Å². The number of fused-ring (bicyclic) bond motifs is 1. The van der Waals surface area contributed by atoms with E-state index in [9.17, 15) is 14.4 Å². The Bertz CT molecular complexity index is 781. The minimum absolute atomic E-state index is 0.0286. The van der Waals surface area contributed by atoms with Crippen LogP contribution < -0.4 is 21.1 Å². The molecule has 1 heterocycles. The normalized spacial score (nSPS) is 23.2. The third kappa shape index (κ3) is 3.90. The van der Waals surface area contributed by atoms with Crippen molar-refractivity contribution < 1.29 is 19.1 Å². The fraction of sp³-hybridized carbons (Fsp3) is 0.550. The van der Waals surface area contributed by atoms with E-state index in [0.717, 1.165) is 31.2 Å². The molecule has 1 aromatic rings. The number of nitrogens with two attached hydrogens (primary N) is 1. The van der Waals surface area contributed by atoms with E-state index in [4.69, 9.17) is 10.5 Å². The Balaban J connectivity index is 1.72. The second-order valence-corrected chi connectivity index (χ2v) is 7.61. The number of nitrogens with one attached hydrogen (secondary N) is 2. The van der Waals surface area contributed by atoms with Crippen molar-refractivity contribution >= 4 is 17.8 Å². The SMILES string of the molecule is COc1cc(C)ccc1C(=O)N1CCC2(NC(=O)CCNC(N)=O)CCCC12. The number of benzene rings is 1. The Hall–Kier alpha value is -2.77. The van der Waals surface area contributed by atoms with Crippen LogP contribution in [0.5, 0.6) is 5.75 Å². The molecule has 2 fully saturated rings. The van der Waals surface area contributed by atoms with E-state index in [1.807, 2.05) is 24.0 Å². The van der Waals surface area contributed by atoms with Gasteiger partial charge in [-0.3, -0.25) is 9.59 Å². The summed E-state index contributed by atoms with van der Waals surface area (Å²) in [6, 6.07) is 4.90. The van der Waals surface area contributed by atoms with Gasteiger partial charge in [-0.05, 0) is 50.3 Å². The molecular formula is C20H28N4O4. The maximum absolute atomic E-state index is 13.2. The molecule has 8 nitrogen and oxygen atoms in total. The number of likely N-dealkylation sites (tertiary alicyclic amines) is 1. The van der Waals surface area contributed by atoms with Crippen molar-refractivity contribution in [1.29, 1.82) is 0 Å². The van der Waals surface area contributed by atoms with Crippen LogP contribution in [-0.2, 0) is 4.79 Å². The number of methoxy groups -OCH3 is 1. The average molecular weight is 388 g/mol. The predicted molar refractivity (Wildman–Crippen MR) is 104 cm³/mol. The fourth-order valence-corrected chi connectivity index (χ4v) is 4.50. The summed E-state index contributed by atoms with van der Waals surface area (Å²) in [7, 11) is 1.57. The van der Waals surface area contributed by atoms with Gasteiger partial charge in [0.05, 0.1) is 24.3 Å². The van der Waals surface area contributed by atoms with Gasteiger partial charge in [-0.25, -0.2) is 4.79 Å². The van der Waals surface area contributed by atoms with Gasteiger partial charge in [0.25, 0.3) is 5.91 Å². The zero-order chi connectivity index (χ0) is 20.3. The zero-order valence-electron chi connectivity index (χ0n) is 16.4. The maximum atomic E-state index is 13.2. The highest BCUT2D eigenvalue weighted by atomic mass is 16.5. The van der Waals surface area contributed by atoms with Crippen molar-refractivity contribution in [2.75, 3.05) is 20.2 Å². The number of carbonyl (C=O) groups excluding carboxylic acids is 3. The van der Waals surface area contributed by atoms with E-state index in [0.29, 0.717) is 17.9 Å². The first kappa shape index (κ1) is 20.0. The van der Waals surface area contributed by atoms with E-state index in [1.54, 1.807) is 13.2 Å². The lowest BCUT2D eigenvalue weighted by atomic mass is 9.92. The molecule has 152 valence electrons. The number of urea groups is 1. The van der Waals surface area contributed by atoms with Crippen molar-refractivity contribution in [3.63, 3.8) is 0 Å². The second kappa shape index (κ2) is 8.08. The summed E-state index contributed by atoms with van der Waals surface area (Å²) in [5.41, 5.74) is 6.22. The third-order valence-electron chi connectivity index (χ3n) is 5.80. The molecule has 1 aliphatic heterocycles. The molecule has 1 aromatic carbocycles. The van der Waals surface area contributed by atoms with E-state index >= 15 is 0 Å². The number of hydrogen-bond acceptors (Lipinski definition) is 4. The van der Waals surface area contributed by atoms with Crippen LogP contribution in [0.2, 0.25) is 0 Å². The smallest absolute Gasteiger partial charge is 0.312 e. The van der Waals surface area contributed by atoms with Crippen LogP contribution in [0.15, 0.2) is 18.2 Å². The molecule has 2 unspecified atom stereocenters. The molecule has 0 radical (unpaired) electrons. The first-order valence-corrected chi connectivity index (χ1v) is 9.66. The average Bonchev–Trinajstić information content (AvgIpc) is 3.18.